The Labute approximate surface area is 166 Å². The standard InChI is InChI=1S/C21H29N7/c1-3-25(4-2)10-11-26-12-14-27(15-13-26)20-16-19(18-8-6-5-7-9-18)24-21-22-17-23-28(20)21/h5-9,16-17H,3-4,10-15H2,1-2H3. The molecule has 0 bridgehead atoms. The second-order valence-corrected chi connectivity index (χ2v) is 7.19. The highest BCUT2D eigenvalue weighted by Crippen LogP contribution is 2.24. The Bertz CT molecular complexity index is 880. The van der Waals surface area contributed by atoms with Crippen molar-refractivity contribution in [3.05, 3.63) is 42.7 Å². The maximum absolute atomic E-state index is 4.69. The molecule has 0 aliphatic carbocycles. The van der Waals surface area contributed by atoms with Gasteiger partial charge in [-0.15, -0.1) is 0 Å². The van der Waals surface area contributed by atoms with E-state index >= 15 is 0 Å². The third-order valence-electron chi connectivity index (χ3n) is 5.63. The first-order valence-electron chi connectivity index (χ1n) is 10.2. The summed E-state index contributed by atoms with van der Waals surface area (Å²) in [6.07, 6.45) is 1.58. The zero-order valence-electron chi connectivity index (χ0n) is 16.8. The van der Waals surface area contributed by atoms with Crippen LogP contribution in [0.2, 0.25) is 0 Å². The van der Waals surface area contributed by atoms with Gasteiger partial charge in [-0.3, -0.25) is 4.90 Å². The van der Waals surface area contributed by atoms with Gasteiger partial charge >= 0.3 is 0 Å². The van der Waals surface area contributed by atoms with Gasteiger partial charge in [0.1, 0.15) is 12.1 Å². The Kier molecular flexibility index (Phi) is 5.83. The van der Waals surface area contributed by atoms with Crippen LogP contribution in [0.5, 0.6) is 0 Å². The molecule has 0 radical (unpaired) electrons. The molecule has 28 heavy (non-hydrogen) atoms. The zero-order chi connectivity index (χ0) is 19.3. The fourth-order valence-corrected chi connectivity index (χ4v) is 3.80. The van der Waals surface area contributed by atoms with Crippen molar-refractivity contribution < 1.29 is 0 Å². The van der Waals surface area contributed by atoms with Crippen LogP contribution < -0.4 is 4.90 Å². The average Bonchev–Trinajstić information content (AvgIpc) is 3.24. The van der Waals surface area contributed by atoms with Crippen molar-refractivity contribution in [2.24, 2.45) is 0 Å². The van der Waals surface area contributed by atoms with E-state index in [1.807, 2.05) is 22.7 Å². The van der Waals surface area contributed by atoms with Gasteiger partial charge in [0.2, 0.25) is 0 Å². The summed E-state index contributed by atoms with van der Waals surface area (Å²) in [6.45, 7) is 13.1. The molecular formula is C21H29N7. The number of likely N-dealkylation sites (N-methyl/N-ethyl adjacent to an activating group) is 1. The third kappa shape index (κ3) is 4.00. The molecule has 4 rings (SSSR count). The molecule has 148 valence electrons. The van der Waals surface area contributed by atoms with Crippen LogP contribution in [0.25, 0.3) is 17.0 Å². The van der Waals surface area contributed by atoms with Gasteiger partial charge in [0.05, 0.1) is 5.69 Å². The second kappa shape index (κ2) is 8.67. The Morgan fingerprint density at radius 2 is 1.75 bits per heavy atom. The third-order valence-corrected chi connectivity index (χ3v) is 5.63. The van der Waals surface area contributed by atoms with Gasteiger partial charge in [-0.25, -0.2) is 4.98 Å². The van der Waals surface area contributed by atoms with Crippen LogP contribution in [0.4, 0.5) is 5.82 Å². The summed E-state index contributed by atoms with van der Waals surface area (Å²) in [5, 5.41) is 4.41. The SMILES string of the molecule is CCN(CC)CCN1CCN(c2cc(-c3ccccc3)nc3ncnn23)CC1. The van der Waals surface area contributed by atoms with E-state index in [2.05, 4.69) is 56.8 Å². The van der Waals surface area contributed by atoms with E-state index in [4.69, 9.17) is 4.98 Å². The van der Waals surface area contributed by atoms with Gasteiger partial charge in [0, 0.05) is 50.9 Å². The molecule has 0 saturated carbocycles. The van der Waals surface area contributed by atoms with Crippen molar-refractivity contribution in [1.29, 1.82) is 0 Å². The van der Waals surface area contributed by atoms with Crippen LogP contribution in [0.15, 0.2) is 42.7 Å². The predicted molar refractivity (Wildman–Crippen MR) is 113 cm³/mol. The lowest BCUT2D eigenvalue weighted by molar-refractivity contribution is 0.205. The molecule has 0 atom stereocenters. The van der Waals surface area contributed by atoms with E-state index in [0.717, 1.165) is 69.4 Å². The van der Waals surface area contributed by atoms with E-state index in [0.29, 0.717) is 5.78 Å². The molecule has 2 aromatic heterocycles. The van der Waals surface area contributed by atoms with E-state index in [9.17, 15) is 0 Å². The van der Waals surface area contributed by atoms with Gasteiger partial charge in [-0.05, 0) is 13.1 Å². The number of nitrogens with zero attached hydrogens (tertiary/aromatic N) is 7. The highest BCUT2D eigenvalue weighted by atomic mass is 15.4. The lowest BCUT2D eigenvalue weighted by atomic mass is 10.1. The molecule has 0 N–H and O–H groups in total. The van der Waals surface area contributed by atoms with Crippen LogP contribution in [0, 0.1) is 0 Å². The number of rotatable bonds is 7. The monoisotopic (exact) mass is 379 g/mol. The first-order valence-corrected chi connectivity index (χ1v) is 10.2. The maximum Gasteiger partial charge on any atom is 0.254 e. The van der Waals surface area contributed by atoms with Gasteiger partial charge in [-0.2, -0.15) is 14.6 Å². The molecule has 0 unspecified atom stereocenters. The number of hydrogen-bond acceptors (Lipinski definition) is 6. The van der Waals surface area contributed by atoms with Crippen molar-refractivity contribution >= 4 is 11.6 Å². The number of benzene rings is 1. The highest BCUT2D eigenvalue weighted by Gasteiger charge is 2.21. The first-order chi connectivity index (χ1) is 13.8. The summed E-state index contributed by atoms with van der Waals surface area (Å²) in [5.74, 6) is 1.73. The maximum atomic E-state index is 4.69. The molecule has 3 heterocycles. The summed E-state index contributed by atoms with van der Waals surface area (Å²) < 4.78 is 1.86. The minimum absolute atomic E-state index is 0.653. The van der Waals surface area contributed by atoms with Crippen molar-refractivity contribution in [3.8, 4) is 11.3 Å². The molecule has 7 nitrogen and oxygen atoms in total. The fraction of sp³-hybridized carbons (Fsp3) is 0.476. The van der Waals surface area contributed by atoms with E-state index in [1.165, 1.54) is 0 Å². The summed E-state index contributed by atoms with van der Waals surface area (Å²) in [4.78, 5) is 16.5. The Balaban J connectivity index is 1.50. The number of hydrogen-bond donors (Lipinski definition) is 0. The minimum Gasteiger partial charge on any atom is -0.354 e. The van der Waals surface area contributed by atoms with Crippen molar-refractivity contribution in [1.82, 2.24) is 29.4 Å². The van der Waals surface area contributed by atoms with E-state index in [1.54, 1.807) is 6.33 Å². The molecule has 1 aliphatic rings. The number of aromatic nitrogens is 4. The Morgan fingerprint density at radius 3 is 2.46 bits per heavy atom. The quantitative estimate of drug-likeness (QED) is 0.628. The van der Waals surface area contributed by atoms with Crippen molar-refractivity contribution in [3.63, 3.8) is 0 Å². The topological polar surface area (TPSA) is 52.8 Å². The summed E-state index contributed by atoms with van der Waals surface area (Å²) >= 11 is 0. The van der Waals surface area contributed by atoms with Crippen molar-refractivity contribution in [2.45, 2.75) is 13.8 Å². The second-order valence-electron chi connectivity index (χ2n) is 7.19. The molecule has 0 spiro atoms. The van der Waals surface area contributed by atoms with Crippen molar-refractivity contribution in [2.75, 3.05) is 57.3 Å². The fourth-order valence-electron chi connectivity index (χ4n) is 3.80. The Hall–Kier alpha value is -2.51. The summed E-state index contributed by atoms with van der Waals surface area (Å²) in [6, 6.07) is 12.4. The van der Waals surface area contributed by atoms with E-state index < -0.39 is 0 Å². The molecule has 1 fully saturated rings. The zero-order valence-corrected chi connectivity index (χ0v) is 16.8. The molecule has 1 saturated heterocycles. The average molecular weight is 380 g/mol. The highest BCUT2D eigenvalue weighted by molar-refractivity contribution is 5.65. The molecule has 3 aromatic rings. The molecular weight excluding hydrogens is 350 g/mol. The number of piperazine rings is 1. The summed E-state index contributed by atoms with van der Waals surface area (Å²) in [7, 11) is 0. The van der Waals surface area contributed by atoms with Crippen LogP contribution in [-0.2, 0) is 0 Å². The van der Waals surface area contributed by atoms with Gasteiger partial charge in [0.25, 0.3) is 5.78 Å². The van der Waals surface area contributed by atoms with Gasteiger partial charge < -0.3 is 9.80 Å². The minimum atomic E-state index is 0.653. The molecule has 1 aromatic carbocycles. The lowest BCUT2D eigenvalue weighted by Gasteiger charge is -2.36. The molecule has 0 amide bonds. The van der Waals surface area contributed by atoms with Crippen LogP contribution in [0.1, 0.15) is 13.8 Å². The van der Waals surface area contributed by atoms with E-state index in [-0.39, 0.29) is 0 Å². The van der Waals surface area contributed by atoms with Crippen LogP contribution in [-0.4, -0.2) is 81.7 Å². The van der Waals surface area contributed by atoms with Crippen LogP contribution >= 0.6 is 0 Å². The normalized spacial score (nSPS) is 15.6. The number of fused-ring (bicyclic) bond motifs is 1. The smallest absolute Gasteiger partial charge is 0.254 e. The largest absolute Gasteiger partial charge is 0.354 e. The lowest BCUT2D eigenvalue weighted by Crippen LogP contribution is -2.49. The first kappa shape index (κ1) is 18.8. The molecule has 1 aliphatic heterocycles. The Morgan fingerprint density at radius 1 is 1.00 bits per heavy atom. The van der Waals surface area contributed by atoms with Crippen LogP contribution in [0.3, 0.4) is 0 Å². The number of anilines is 1. The van der Waals surface area contributed by atoms with Gasteiger partial charge in [0.15, 0.2) is 0 Å². The van der Waals surface area contributed by atoms with Gasteiger partial charge in [-0.1, -0.05) is 44.2 Å². The summed E-state index contributed by atoms with van der Waals surface area (Å²) in [5.41, 5.74) is 2.05. The predicted octanol–water partition coefficient (Wildman–Crippen LogP) is 2.26. The molecule has 7 heteroatoms.